The zero-order valence-electron chi connectivity index (χ0n) is 10.7. The Morgan fingerprint density at radius 3 is 2.65 bits per heavy atom. The van der Waals surface area contributed by atoms with Crippen molar-refractivity contribution in [1.82, 2.24) is 4.90 Å². The molecule has 2 saturated carbocycles. The van der Waals surface area contributed by atoms with E-state index in [1.54, 1.807) is 0 Å². The molecule has 0 heterocycles. The van der Waals surface area contributed by atoms with Gasteiger partial charge in [0.25, 0.3) is 0 Å². The third-order valence-electron chi connectivity index (χ3n) is 4.58. The molecule has 0 radical (unpaired) electrons. The second-order valence-electron chi connectivity index (χ2n) is 5.95. The van der Waals surface area contributed by atoms with E-state index in [2.05, 4.69) is 11.9 Å². The third-order valence-corrected chi connectivity index (χ3v) is 4.58. The molecule has 0 bridgehead atoms. The Kier molecular flexibility index (Phi) is 3.73. The number of nitrogens with zero attached hydrogens (tertiary/aromatic N) is 1. The second kappa shape index (κ2) is 4.94. The fraction of sp³-hybridized carbons (Fsp3) is 0.923. The van der Waals surface area contributed by atoms with Gasteiger partial charge in [0.15, 0.2) is 0 Å². The summed E-state index contributed by atoms with van der Waals surface area (Å²) in [6, 6.07) is 0.352. The SMILES string of the molecule is CN(CC1CCC1)C1CCCC(N)(C(=O)O)C1. The average Bonchev–Trinajstić information content (AvgIpc) is 2.23. The van der Waals surface area contributed by atoms with Crippen LogP contribution in [0.15, 0.2) is 0 Å². The first-order valence-corrected chi connectivity index (χ1v) is 6.74. The summed E-state index contributed by atoms with van der Waals surface area (Å²) in [5, 5.41) is 9.19. The Morgan fingerprint density at radius 1 is 1.41 bits per heavy atom. The number of aliphatic carboxylic acids is 1. The lowest BCUT2D eigenvalue weighted by molar-refractivity contribution is -0.145. The van der Waals surface area contributed by atoms with Gasteiger partial charge in [-0.2, -0.15) is 0 Å². The van der Waals surface area contributed by atoms with E-state index < -0.39 is 11.5 Å². The fourth-order valence-corrected chi connectivity index (χ4v) is 3.08. The van der Waals surface area contributed by atoms with E-state index in [-0.39, 0.29) is 0 Å². The molecule has 0 spiro atoms. The monoisotopic (exact) mass is 240 g/mol. The van der Waals surface area contributed by atoms with E-state index in [0.717, 1.165) is 25.3 Å². The lowest BCUT2D eigenvalue weighted by Gasteiger charge is -2.41. The molecule has 2 aliphatic rings. The van der Waals surface area contributed by atoms with Crippen molar-refractivity contribution in [1.29, 1.82) is 0 Å². The fourth-order valence-electron chi connectivity index (χ4n) is 3.08. The summed E-state index contributed by atoms with van der Waals surface area (Å²) in [6.45, 7) is 1.11. The minimum Gasteiger partial charge on any atom is -0.480 e. The molecule has 3 N–H and O–H groups in total. The van der Waals surface area contributed by atoms with E-state index in [1.165, 1.54) is 19.3 Å². The van der Waals surface area contributed by atoms with Crippen molar-refractivity contribution in [2.45, 2.75) is 56.5 Å². The van der Waals surface area contributed by atoms with Gasteiger partial charge in [-0.1, -0.05) is 6.42 Å². The molecule has 0 aliphatic heterocycles. The van der Waals surface area contributed by atoms with E-state index in [0.29, 0.717) is 18.9 Å². The van der Waals surface area contributed by atoms with Crippen LogP contribution in [0, 0.1) is 5.92 Å². The molecule has 0 saturated heterocycles. The van der Waals surface area contributed by atoms with Crippen molar-refractivity contribution in [2.75, 3.05) is 13.6 Å². The highest BCUT2D eigenvalue weighted by atomic mass is 16.4. The normalized spacial score (nSPS) is 34.6. The predicted molar refractivity (Wildman–Crippen MR) is 66.8 cm³/mol. The molecule has 2 unspecified atom stereocenters. The van der Waals surface area contributed by atoms with Gasteiger partial charge >= 0.3 is 5.97 Å². The Labute approximate surface area is 103 Å². The maximum Gasteiger partial charge on any atom is 0.323 e. The summed E-state index contributed by atoms with van der Waals surface area (Å²) >= 11 is 0. The van der Waals surface area contributed by atoms with E-state index in [4.69, 9.17) is 5.73 Å². The zero-order valence-corrected chi connectivity index (χ0v) is 10.7. The highest BCUT2D eigenvalue weighted by Gasteiger charge is 2.40. The van der Waals surface area contributed by atoms with Gasteiger partial charge in [0.05, 0.1) is 0 Å². The topological polar surface area (TPSA) is 66.6 Å². The molecular formula is C13H24N2O2. The molecule has 0 amide bonds. The first kappa shape index (κ1) is 12.8. The minimum atomic E-state index is -0.989. The lowest BCUT2D eigenvalue weighted by Crippen LogP contribution is -2.55. The minimum absolute atomic E-state index is 0.352. The number of carbonyl (C=O) groups is 1. The Balaban J connectivity index is 1.89. The van der Waals surface area contributed by atoms with Crippen molar-refractivity contribution in [3.05, 3.63) is 0 Å². The Hall–Kier alpha value is -0.610. The molecule has 0 aromatic heterocycles. The van der Waals surface area contributed by atoms with Gasteiger partial charge in [0.1, 0.15) is 5.54 Å². The van der Waals surface area contributed by atoms with Crippen LogP contribution >= 0.6 is 0 Å². The Morgan fingerprint density at radius 2 is 2.12 bits per heavy atom. The van der Waals surface area contributed by atoms with Crippen LogP contribution in [0.4, 0.5) is 0 Å². The van der Waals surface area contributed by atoms with Crippen LogP contribution in [-0.2, 0) is 4.79 Å². The van der Waals surface area contributed by atoms with Gasteiger partial charge in [-0.25, -0.2) is 0 Å². The van der Waals surface area contributed by atoms with E-state index in [9.17, 15) is 9.90 Å². The van der Waals surface area contributed by atoms with Crippen LogP contribution in [-0.4, -0.2) is 41.1 Å². The molecule has 4 nitrogen and oxygen atoms in total. The van der Waals surface area contributed by atoms with Gasteiger partial charge in [-0.05, 0) is 51.5 Å². The van der Waals surface area contributed by atoms with Crippen LogP contribution in [0.1, 0.15) is 44.9 Å². The van der Waals surface area contributed by atoms with E-state index in [1.807, 2.05) is 0 Å². The summed E-state index contributed by atoms with van der Waals surface area (Å²) in [5.74, 6) is -0.00169. The van der Waals surface area contributed by atoms with Gasteiger partial charge in [0.2, 0.25) is 0 Å². The largest absolute Gasteiger partial charge is 0.480 e. The number of rotatable bonds is 4. The maximum atomic E-state index is 11.2. The van der Waals surface area contributed by atoms with Gasteiger partial charge in [-0.3, -0.25) is 4.79 Å². The zero-order chi connectivity index (χ0) is 12.5. The van der Waals surface area contributed by atoms with Crippen molar-refractivity contribution in [3.63, 3.8) is 0 Å². The molecule has 2 rings (SSSR count). The highest BCUT2D eigenvalue weighted by molar-refractivity contribution is 5.78. The van der Waals surface area contributed by atoms with Crippen LogP contribution in [0.5, 0.6) is 0 Å². The highest BCUT2D eigenvalue weighted by Crippen LogP contribution is 2.32. The summed E-state index contributed by atoms with van der Waals surface area (Å²) in [7, 11) is 2.12. The van der Waals surface area contributed by atoms with Crippen LogP contribution in [0.2, 0.25) is 0 Å². The van der Waals surface area contributed by atoms with Gasteiger partial charge < -0.3 is 15.7 Å². The number of nitrogens with two attached hydrogens (primary N) is 1. The molecule has 4 heteroatoms. The molecule has 2 aliphatic carbocycles. The van der Waals surface area contributed by atoms with Crippen LogP contribution < -0.4 is 5.73 Å². The molecule has 0 aromatic rings. The predicted octanol–water partition coefficient (Wildman–Crippen LogP) is 1.44. The third kappa shape index (κ3) is 2.80. The number of hydrogen-bond acceptors (Lipinski definition) is 3. The second-order valence-corrected chi connectivity index (χ2v) is 5.95. The molecule has 98 valence electrons. The van der Waals surface area contributed by atoms with Crippen molar-refractivity contribution in [3.8, 4) is 0 Å². The van der Waals surface area contributed by atoms with Crippen molar-refractivity contribution in [2.24, 2.45) is 11.7 Å². The quantitative estimate of drug-likeness (QED) is 0.780. The Bertz CT molecular complexity index is 291. The van der Waals surface area contributed by atoms with Crippen LogP contribution in [0.25, 0.3) is 0 Å². The first-order valence-electron chi connectivity index (χ1n) is 6.74. The summed E-state index contributed by atoms with van der Waals surface area (Å²) in [5.41, 5.74) is 4.99. The summed E-state index contributed by atoms with van der Waals surface area (Å²) in [6.07, 6.45) is 7.28. The van der Waals surface area contributed by atoms with Gasteiger partial charge in [0, 0.05) is 12.6 Å². The lowest BCUT2D eigenvalue weighted by atomic mass is 9.78. The van der Waals surface area contributed by atoms with Crippen molar-refractivity contribution >= 4 is 5.97 Å². The average molecular weight is 240 g/mol. The van der Waals surface area contributed by atoms with Gasteiger partial charge in [-0.15, -0.1) is 0 Å². The first-order chi connectivity index (χ1) is 8.01. The molecule has 0 aromatic carbocycles. The maximum absolute atomic E-state index is 11.2. The number of carboxylic acid groups (broad SMARTS) is 1. The smallest absolute Gasteiger partial charge is 0.323 e. The summed E-state index contributed by atoms with van der Waals surface area (Å²) in [4.78, 5) is 13.5. The molecule has 2 atom stereocenters. The molecule has 2 fully saturated rings. The summed E-state index contributed by atoms with van der Waals surface area (Å²) < 4.78 is 0. The van der Waals surface area contributed by atoms with E-state index >= 15 is 0 Å². The van der Waals surface area contributed by atoms with Crippen molar-refractivity contribution < 1.29 is 9.90 Å². The number of hydrogen-bond donors (Lipinski definition) is 2. The molecular weight excluding hydrogens is 216 g/mol. The number of carboxylic acids is 1. The standard InChI is InChI=1S/C13H24N2O2/c1-15(9-10-4-2-5-10)11-6-3-7-13(14,8-11)12(16)17/h10-11H,2-9,14H2,1H3,(H,16,17). The van der Waals surface area contributed by atoms with Crippen LogP contribution in [0.3, 0.4) is 0 Å². The molecule has 17 heavy (non-hydrogen) atoms.